The van der Waals surface area contributed by atoms with Crippen molar-refractivity contribution >= 4 is 0 Å². The van der Waals surface area contributed by atoms with Crippen LogP contribution in [0, 0.1) is 0 Å². The van der Waals surface area contributed by atoms with Crippen molar-refractivity contribution in [3.63, 3.8) is 0 Å². The largest absolute Gasteiger partial charge is 0.390 e. The van der Waals surface area contributed by atoms with Crippen LogP contribution in [-0.2, 0) is 0 Å². The van der Waals surface area contributed by atoms with E-state index in [1.54, 1.807) is 0 Å². The summed E-state index contributed by atoms with van der Waals surface area (Å²) in [5, 5.41) is 10.5. The molecule has 86 valence electrons. The van der Waals surface area contributed by atoms with Crippen LogP contribution < -0.4 is 0 Å². The van der Waals surface area contributed by atoms with Gasteiger partial charge in [-0.2, -0.15) is 0 Å². The van der Waals surface area contributed by atoms with Crippen molar-refractivity contribution in [2.24, 2.45) is 0 Å². The quantitative estimate of drug-likeness (QED) is 0.567. The van der Waals surface area contributed by atoms with Gasteiger partial charge in [0.05, 0.1) is 5.60 Å². The lowest BCUT2D eigenvalue weighted by molar-refractivity contribution is -0.0509. The average Bonchev–Trinajstić information content (AvgIpc) is 2.44. The van der Waals surface area contributed by atoms with E-state index in [1.165, 1.54) is 12.8 Å². The zero-order valence-corrected chi connectivity index (χ0v) is 9.78. The highest BCUT2D eigenvalue weighted by Gasteiger charge is 2.45. The SMILES string of the molecule is C=CCCCC1(O)CC2CCC(C1)N2C. The molecular weight excluding hydrogens is 186 g/mol. The number of rotatable bonds is 4. The molecule has 2 rings (SSSR count). The fourth-order valence-electron chi connectivity index (χ4n) is 3.32. The standard InChI is InChI=1S/C13H23NO/c1-3-4-5-8-13(15)9-11-6-7-12(10-13)14(11)2/h3,11-12,15H,1,4-10H2,2H3. The maximum Gasteiger partial charge on any atom is 0.0677 e. The lowest BCUT2D eigenvalue weighted by Crippen LogP contribution is -2.49. The van der Waals surface area contributed by atoms with Gasteiger partial charge in [-0.15, -0.1) is 6.58 Å². The van der Waals surface area contributed by atoms with Gasteiger partial charge in [0.25, 0.3) is 0 Å². The monoisotopic (exact) mass is 209 g/mol. The van der Waals surface area contributed by atoms with Crippen molar-refractivity contribution in [2.45, 2.75) is 62.6 Å². The number of fused-ring (bicyclic) bond motifs is 2. The Kier molecular flexibility index (Phi) is 3.17. The molecule has 2 saturated heterocycles. The van der Waals surface area contributed by atoms with E-state index in [4.69, 9.17) is 0 Å². The molecule has 2 fully saturated rings. The fraction of sp³-hybridized carbons (Fsp3) is 0.846. The zero-order chi connectivity index (χ0) is 10.9. The van der Waals surface area contributed by atoms with Gasteiger partial charge in [0.2, 0.25) is 0 Å². The summed E-state index contributed by atoms with van der Waals surface area (Å²) in [6.07, 6.45) is 9.56. The van der Waals surface area contributed by atoms with Gasteiger partial charge < -0.3 is 10.0 Å². The molecule has 0 aliphatic carbocycles. The van der Waals surface area contributed by atoms with E-state index in [1.807, 2.05) is 6.08 Å². The molecule has 0 aromatic carbocycles. The number of allylic oxidation sites excluding steroid dienone is 1. The topological polar surface area (TPSA) is 23.5 Å². The summed E-state index contributed by atoms with van der Waals surface area (Å²) in [6, 6.07) is 1.27. The van der Waals surface area contributed by atoms with Crippen molar-refractivity contribution in [1.82, 2.24) is 4.90 Å². The van der Waals surface area contributed by atoms with E-state index < -0.39 is 0 Å². The first kappa shape index (κ1) is 11.2. The first-order valence-corrected chi connectivity index (χ1v) is 6.20. The third-order valence-electron chi connectivity index (χ3n) is 4.27. The van der Waals surface area contributed by atoms with Gasteiger partial charge in [0.1, 0.15) is 0 Å². The van der Waals surface area contributed by atoms with Crippen molar-refractivity contribution in [1.29, 1.82) is 0 Å². The summed E-state index contributed by atoms with van der Waals surface area (Å²) in [7, 11) is 2.21. The molecule has 2 aliphatic heterocycles. The van der Waals surface area contributed by atoms with Gasteiger partial charge in [-0.3, -0.25) is 0 Å². The summed E-state index contributed by atoms with van der Waals surface area (Å²) in [5.74, 6) is 0. The van der Waals surface area contributed by atoms with Crippen LogP contribution in [0.4, 0.5) is 0 Å². The molecule has 2 unspecified atom stereocenters. The molecule has 15 heavy (non-hydrogen) atoms. The summed E-state index contributed by atoms with van der Waals surface area (Å²) in [6.45, 7) is 3.73. The lowest BCUT2D eigenvalue weighted by atomic mass is 9.82. The van der Waals surface area contributed by atoms with Gasteiger partial charge in [-0.05, 0) is 52.0 Å². The fourth-order valence-corrected chi connectivity index (χ4v) is 3.32. The number of hydrogen-bond acceptors (Lipinski definition) is 2. The number of unbranched alkanes of at least 4 members (excludes halogenated alkanes) is 1. The number of hydrogen-bond donors (Lipinski definition) is 1. The predicted octanol–water partition coefficient (Wildman–Crippen LogP) is 2.33. The van der Waals surface area contributed by atoms with Gasteiger partial charge in [0, 0.05) is 12.1 Å². The molecule has 2 aliphatic rings. The Morgan fingerprint density at radius 3 is 2.53 bits per heavy atom. The van der Waals surface area contributed by atoms with Gasteiger partial charge in [-0.1, -0.05) is 6.08 Å². The normalized spacial score (nSPS) is 40.7. The van der Waals surface area contributed by atoms with Crippen LogP contribution in [0.15, 0.2) is 12.7 Å². The maximum atomic E-state index is 10.5. The van der Waals surface area contributed by atoms with Crippen molar-refractivity contribution < 1.29 is 5.11 Å². The zero-order valence-electron chi connectivity index (χ0n) is 9.78. The van der Waals surface area contributed by atoms with Crippen LogP contribution >= 0.6 is 0 Å². The number of piperidine rings is 1. The second kappa shape index (κ2) is 4.26. The summed E-state index contributed by atoms with van der Waals surface area (Å²) in [5.41, 5.74) is -0.374. The molecular formula is C13H23NO. The summed E-state index contributed by atoms with van der Waals surface area (Å²) >= 11 is 0. The molecule has 0 aromatic heterocycles. The van der Waals surface area contributed by atoms with E-state index >= 15 is 0 Å². The molecule has 0 spiro atoms. The third-order valence-corrected chi connectivity index (χ3v) is 4.27. The van der Waals surface area contributed by atoms with Crippen LogP contribution in [0.3, 0.4) is 0 Å². The van der Waals surface area contributed by atoms with Gasteiger partial charge >= 0.3 is 0 Å². The number of nitrogens with zero attached hydrogens (tertiary/aromatic N) is 1. The van der Waals surface area contributed by atoms with Crippen LogP contribution in [0.1, 0.15) is 44.9 Å². The smallest absolute Gasteiger partial charge is 0.0677 e. The Morgan fingerprint density at radius 1 is 1.40 bits per heavy atom. The highest BCUT2D eigenvalue weighted by Crippen LogP contribution is 2.41. The molecule has 0 amide bonds. The minimum atomic E-state index is -0.374. The first-order valence-electron chi connectivity index (χ1n) is 6.20. The maximum absolute atomic E-state index is 10.5. The summed E-state index contributed by atoms with van der Waals surface area (Å²) in [4.78, 5) is 2.47. The second-order valence-corrected chi connectivity index (χ2v) is 5.36. The van der Waals surface area contributed by atoms with Crippen molar-refractivity contribution in [3.8, 4) is 0 Å². The highest BCUT2D eigenvalue weighted by atomic mass is 16.3. The van der Waals surface area contributed by atoms with Crippen LogP contribution in [-0.4, -0.2) is 34.7 Å². The number of aliphatic hydroxyl groups is 1. The predicted molar refractivity (Wildman–Crippen MR) is 62.8 cm³/mol. The Balaban J connectivity index is 1.91. The molecule has 0 aromatic rings. The van der Waals surface area contributed by atoms with Gasteiger partial charge in [0.15, 0.2) is 0 Å². The molecule has 2 bridgehead atoms. The van der Waals surface area contributed by atoms with Crippen molar-refractivity contribution in [3.05, 3.63) is 12.7 Å². The van der Waals surface area contributed by atoms with E-state index in [0.29, 0.717) is 12.1 Å². The van der Waals surface area contributed by atoms with Crippen molar-refractivity contribution in [2.75, 3.05) is 7.05 Å². The average molecular weight is 209 g/mol. The Morgan fingerprint density at radius 2 is 2.00 bits per heavy atom. The highest BCUT2D eigenvalue weighted by molar-refractivity contribution is 5.00. The first-order chi connectivity index (χ1) is 7.14. The molecule has 2 heteroatoms. The molecule has 1 N–H and O–H groups in total. The molecule has 0 saturated carbocycles. The van der Waals surface area contributed by atoms with E-state index in [9.17, 15) is 5.11 Å². The lowest BCUT2D eigenvalue weighted by Gasteiger charge is -2.42. The molecule has 2 atom stereocenters. The van der Waals surface area contributed by atoms with E-state index in [-0.39, 0.29) is 5.60 Å². The van der Waals surface area contributed by atoms with Crippen LogP contribution in [0.25, 0.3) is 0 Å². The summed E-state index contributed by atoms with van der Waals surface area (Å²) < 4.78 is 0. The molecule has 2 heterocycles. The second-order valence-electron chi connectivity index (χ2n) is 5.36. The van der Waals surface area contributed by atoms with E-state index in [0.717, 1.165) is 32.1 Å². The minimum Gasteiger partial charge on any atom is -0.390 e. The van der Waals surface area contributed by atoms with Gasteiger partial charge in [-0.25, -0.2) is 0 Å². The van der Waals surface area contributed by atoms with E-state index in [2.05, 4.69) is 18.5 Å². The molecule has 0 radical (unpaired) electrons. The molecule has 2 nitrogen and oxygen atoms in total. The Hall–Kier alpha value is -0.340. The van der Waals surface area contributed by atoms with Crippen LogP contribution in [0.2, 0.25) is 0 Å². The minimum absolute atomic E-state index is 0.374. The third kappa shape index (κ3) is 2.26. The van der Waals surface area contributed by atoms with Crippen LogP contribution in [0.5, 0.6) is 0 Å². The Bertz CT molecular complexity index is 225. The Labute approximate surface area is 93.0 Å².